The Labute approximate surface area is 205 Å². The van der Waals surface area contributed by atoms with Crippen LogP contribution < -0.4 is 20.9 Å². The molecule has 182 valence electrons. The summed E-state index contributed by atoms with van der Waals surface area (Å²) in [5.41, 5.74) is 0.739. The van der Waals surface area contributed by atoms with Gasteiger partial charge in [0, 0.05) is 44.3 Å². The van der Waals surface area contributed by atoms with E-state index in [2.05, 4.69) is 9.88 Å². The highest BCUT2D eigenvalue weighted by Gasteiger charge is 2.25. The SMILES string of the molecule is CCCn1c(=O)c2sc3ncccc3c2n(CC(=O)N2CCN(c3ccccc3OC)CC2)c1=O. The van der Waals surface area contributed by atoms with Crippen LogP contribution in [0.1, 0.15) is 13.3 Å². The molecule has 1 saturated heterocycles. The number of benzene rings is 1. The lowest BCUT2D eigenvalue weighted by Gasteiger charge is -2.36. The first-order valence-electron chi connectivity index (χ1n) is 11.7. The Hall–Kier alpha value is -3.66. The van der Waals surface area contributed by atoms with E-state index in [4.69, 9.17) is 4.74 Å². The van der Waals surface area contributed by atoms with Crippen molar-refractivity contribution >= 4 is 43.4 Å². The van der Waals surface area contributed by atoms with Crippen molar-refractivity contribution in [3.8, 4) is 5.75 Å². The van der Waals surface area contributed by atoms with Crippen molar-refractivity contribution < 1.29 is 9.53 Å². The zero-order valence-corrected chi connectivity index (χ0v) is 20.6. The lowest BCUT2D eigenvalue weighted by molar-refractivity contribution is -0.132. The molecule has 3 aromatic heterocycles. The van der Waals surface area contributed by atoms with E-state index in [1.807, 2.05) is 37.3 Å². The Morgan fingerprint density at radius 2 is 1.83 bits per heavy atom. The molecule has 0 saturated carbocycles. The molecule has 1 aliphatic heterocycles. The first-order chi connectivity index (χ1) is 17.0. The number of hydrogen-bond donors (Lipinski definition) is 0. The molecular formula is C25H27N5O4S. The van der Waals surface area contributed by atoms with E-state index in [0.29, 0.717) is 54.2 Å². The number of nitrogens with zero attached hydrogens (tertiary/aromatic N) is 5. The maximum absolute atomic E-state index is 13.4. The molecule has 1 amide bonds. The summed E-state index contributed by atoms with van der Waals surface area (Å²) in [6.07, 6.45) is 2.31. The van der Waals surface area contributed by atoms with E-state index in [1.54, 1.807) is 24.3 Å². The molecule has 1 aromatic carbocycles. The maximum atomic E-state index is 13.4. The van der Waals surface area contributed by atoms with E-state index in [9.17, 15) is 14.4 Å². The van der Waals surface area contributed by atoms with E-state index in [0.717, 1.165) is 16.8 Å². The average molecular weight is 494 g/mol. The zero-order chi connectivity index (χ0) is 24.5. The van der Waals surface area contributed by atoms with Crippen molar-refractivity contribution in [1.82, 2.24) is 19.0 Å². The second-order valence-corrected chi connectivity index (χ2v) is 9.50. The molecule has 35 heavy (non-hydrogen) atoms. The number of ether oxygens (including phenoxy) is 1. The number of rotatable bonds is 6. The fraction of sp³-hybridized carbons (Fsp3) is 0.360. The van der Waals surface area contributed by atoms with Crippen molar-refractivity contribution in [3.05, 3.63) is 63.4 Å². The number of hydrogen-bond acceptors (Lipinski definition) is 7. The largest absolute Gasteiger partial charge is 0.495 e. The third-order valence-corrected chi connectivity index (χ3v) is 7.50. The van der Waals surface area contributed by atoms with Crippen molar-refractivity contribution in [2.75, 3.05) is 38.2 Å². The molecule has 0 aliphatic carbocycles. The van der Waals surface area contributed by atoms with Crippen LogP contribution in [0.25, 0.3) is 20.4 Å². The second kappa shape index (κ2) is 9.53. The molecule has 1 aliphatic rings. The minimum Gasteiger partial charge on any atom is -0.495 e. The molecule has 10 heteroatoms. The average Bonchev–Trinajstić information content (AvgIpc) is 3.29. The van der Waals surface area contributed by atoms with Crippen LogP contribution in [0.3, 0.4) is 0 Å². The topological polar surface area (TPSA) is 89.7 Å². The van der Waals surface area contributed by atoms with Gasteiger partial charge in [-0.2, -0.15) is 0 Å². The number of methoxy groups -OCH3 is 1. The van der Waals surface area contributed by atoms with Gasteiger partial charge in [-0.1, -0.05) is 19.1 Å². The smallest absolute Gasteiger partial charge is 0.332 e. The fourth-order valence-corrected chi connectivity index (χ4v) is 5.77. The predicted molar refractivity (Wildman–Crippen MR) is 138 cm³/mol. The van der Waals surface area contributed by atoms with Crippen LogP contribution >= 0.6 is 11.3 Å². The summed E-state index contributed by atoms with van der Waals surface area (Å²) in [5.74, 6) is 0.662. The zero-order valence-electron chi connectivity index (χ0n) is 19.8. The second-order valence-electron chi connectivity index (χ2n) is 8.50. The Balaban J connectivity index is 1.45. The van der Waals surface area contributed by atoms with E-state index in [-0.39, 0.29) is 18.0 Å². The molecule has 0 radical (unpaired) electrons. The third-order valence-electron chi connectivity index (χ3n) is 6.41. The normalized spacial score (nSPS) is 14.1. The number of piperazine rings is 1. The summed E-state index contributed by atoms with van der Waals surface area (Å²) in [6.45, 7) is 4.51. The van der Waals surface area contributed by atoms with Crippen molar-refractivity contribution in [2.24, 2.45) is 0 Å². The molecule has 0 atom stereocenters. The van der Waals surface area contributed by atoms with Crippen LogP contribution in [0.2, 0.25) is 0 Å². The number of amides is 1. The van der Waals surface area contributed by atoms with Gasteiger partial charge in [-0.25, -0.2) is 9.78 Å². The highest BCUT2D eigenvalue weighted by Crippen LogP contribution is 2.30. The molecule has 1 fully saturated rings. The highest BCUT2D eigenvalue weighted by atomic mass is 32.1. The van der Waals surface area contributed by atoms with Crippen LogP contribution in [0.4, 0.5) is 5.69 Å². The summed E-state index contributed by atoms with van der Waals surface area (Å²) >= 11 is 1.27. The van der Waals surface area contributed by atoms with Gasteiger partial charge < -0.3 is 14.5 Å². The van der Waals surface area contributed by atoms with Gasteiger partial charge in [0.2, 0.25) is 5.91 Å². The van der Waals surface area contributed by atoms with Gasteiger partial charge in [-0.3, -0.25) is 18.7 Å². The standard InChI is InChI=1S/C25H27N5O4S/c1-3-11-29-24(32)22-21(17-7-6-10-26-23(17)35-22)30(25(29)33)16-20(31)28-14-12-27(13-15-28)18-8-4-5-9-19(18)34-2/h4-10H,3,11-16H2,1-2H3. The number of fused-ring (bicyclic) bond motifs is 3. The Morgan fingerprint density at radius 3 is 2.57 bits per heavy atom. The van der Waals surface area contributed by atoms with Gasteiger partial charge >= 0.3 is 5.69 Å². The van der Waals surface area contributed by atoms with Crippen molar-refractivity contribution in [1.29, 1.82) is 0 Å². The van der Waals surface area contributed by atoms with Crippen LogP contribution in [0.15, 0.2) is 52.2 Å². The first kappa shape index (κ1) is 23.1. The molecule has 5 rings (SSSR count). The highest BCUT2D eigenvalue weighted by molar-refractivity contribution is 7.25. The van der Waals surface area contributed by atoms with Gasteiger partial charge in [0.05, 0.1) is 18.3 Å². The fourth-order valence-electron chi connectivity index (χ4n) is 4.67. The Morgan fingerprint density at radius 1 is 1.06 bits per heavy atom. The molecule has 0 spiro atoms. The molecule has 4 heterocycles. The van der Waals surface area contributed by atoms with E-state index >= 15 is 0 Å². The van der Waals surface area contributed by atoms with Gasteiger partial charge in [-0.05, 0) is 30.7 Å². The number of para-hydroxylation sites is 2. The monoisotopic (exact) mass is 493 g/mol. The molecular weight excluding hydrogens is 466 g/mol. The van der Waals surface area contributed by atoms with E-state index < -0.39 is 5.69 Å². The summed E-state index contributed by atoms with van der Waals surface area (Å²) in [5, 5.41) is 0.721. The third kappa shape index (κ3) is 4.07. The van der Waals surface area contributed by atoms with Gasteiger partial charge in [-0.15, -0.1) is 11.3 Å². The predicted octanol–water partition coefficient (Wildman–Crippen LogP) is 2.54. The minimum absolute atomic E-state index is 0.116. The maximum Gasteiger partial charge on any atom is 0.332 e. The van der Waals surface area contributed by atoms with Crippen molar-refractivity contribution in [3.63, 3.8) is 0 Å². The number of carbonyl (C=O) groups is 1. The Kier molecular flexibility index (Phi) is 6.29. The van der Waals surface area contributed by atoms with Gasteiger partial charge in [0.25, 0.3) is 5.56 Å². The number of aromatic nitrogens is 3. The minimum atomic E-state index is -0.450. The lowest BCUT2D eigenvalue weighted by atomic mass is 10.2. The lowest BCUT2D eigenvalue weighted by Crippen LogP contribution is -2.50. The van der Waals surface area contributed by atoms with E-state index in [1.165, 1.54) is 20.5 Å². The number of carbonyl (C=O) groups excluding carboxylic acids is 1. The molecule has 0 N–H and O–H groups in total. The van der Waals surface area contributed by atoms with Gasteiger partial charge in [0.15, 0.2) is 0 Å². The van der Waals surface area contributed by atoms with Gasteiger partial charge in [0.1, 0.15) is 21.8 Å². The molecule has 0 bridgehead atoms. The van der Waals surface area contributed by atoms with Crippen LogP contribution in [0, 0.1) is 0 Å². The summed E-state index contributed by atoms with van der Waals surface area (Å²) in [7, 11) is 1.65. The summed E-state index contributed by atoms with van der Waals surface area (Å²) in [4.78, 5) is 48.9. The molecule has 4 aromatic rings. The van der Waals surface area contributed by atoms with Crippen LogP contribution in [-0.2, 0) is 17.9 Å². The van der Waals surface area contributed by atoms with Crippen LogP contribution in [0.5, 0.6) is 5.75 Å². The number of pyridine rings is 1. The Bertz CT molecular complexity index is 1510. The summed E-state index contributed by atoms with van der Waals surface area (Å²) < 4.78 is 8.64. The summed E-state index contributed by atoms with van der Waals surface area (Å²) in [6, 6.07) is 11.5. The molecule has 9 nitrogen and oxygen atoms in total. The number of thiophene rings is 1. The first-order valence-corrected chi connectivity index (χ1v) is 12.5. The molecule has 0 unspecified atom stereocenters. The van der Waals surface area contributed by atoms with Crippen molar-refractivity contribution in [2.45, 2.75) is 26.4 Å². The number of anilines is 1. The quantitative estimate of drug-likeness (QED) is 0.410. The van der Waals surface area contributed by atoms with Crippen LogP contribution in [-0.4, -0.2) is 58.2 Å².